The van der Waals surface area contributed by atoms with E-state index in [0.717, 1.165) is 9.35 Å². The fourth-order valence-corrected chi connectivity index (χ4v) is 2.68. The second-order valence-electron chi connectivity index (χ2n) is 2.78. The minimum atomic E-state index is 0.0850. The topological polar surface area (TPSA) is 30.2 Å². The summed E-state index contributed by atoms with van der Waals surface area (Å²) >= 11 is 4.77. The maximum atomic E-state index is 11.7. The first kappa shape index (κ1) is 9.68. The predicted molar refractivity (Wildman–Crippen MR) is 58.8 cm³/mol. The van der Waals surface area contributed by atoms with E-state index in [9.17, 15) is 4.79 Å². The molecular formula is C10H7BrO2S. The molecule has 0 unspecified atom stereocenters. The van der Waals surface area contributed by atoms with Crippen LogP contribution in [0.15, 0.2) is 38.7 Å². The van der Waals surface area contributed by atoms with Gasteiger partial charge in [-0.05, 0) is 39.5 Å². The molecule has 0 radical (unpaired) electrons. The summed E-state index contributed by atoms with van der Waals surface area (Å²) in [7, 11) is 0. The van der Waals surface area contributed by atoms with Gasteiger partial charge in [0.15, 0.2) is 5.78 Å². The highest BCUT2D eigenvalue weighted by Gasteiger charge is 2.13. The van der Waals surface area contributed by atoms with Gasteiger partial charge < -0.3 is 4.42 Å². The normalized spacial score (nSPS) is 10.4. The van der Waals surface area contributed by atoms with Crippen LogP contribution in [0.2, 0.25) is 0 Å². The zero-order valence-electron chi connectivity index (χ0n) is 7.20. The van der Waals surface area contributed by atoms with E-state index in [4.69, 9.17) is 4.42 Å². The molecule has 72 valence electrons. The Morgan fingerprint density at radius 3 is 2.93 bits per heavy atom. The van der Waals surface area contributed by atoms with Crippen molar-refractivity contribution in [3.63, 3.8) is 0 Å². The number of ketones is 1. The maximum Gasteiger partial charge on any atom is 0.181 e. The molecule has 0 saturated carbocycles. The molecule has 0 fully saturated rings. The first-order chi connectivity index (χ1) is 6.77. The average Bonchev–Trinajstić information content (AvgIpc) is 2.75. The van der Waals surface area contributed by atoms with Crippen molar-refractivity contribution in [3.8, 4) is 0 Å². The van der Waals surface area contributed by atoms with Gasteiger partial charge in [0.25, 0.3) is 0 Å². The molecule has 0 N–H and O–H groups in total. The summed E-state index contributed by atoms with van der Waals surface area (Å²) in [6.07, 6.45) is 1.90. The predicted octanol–water partition coefficient (Wildman–Crippen LogP) is 3.53. The van der Waals surface area contributed by atoms with Gasteiger partial charge in [0, 0.05) is 4.47 Å². The largest absolute Gasteiger partial charge is 0.469 e. The summed E-state index contributed by atoms with van der Waals surface area (Å²) in [6.45, 7) is 0. The quantitative estimate of drug-likeness (QED) is 0.799. The van der Waals surface area contributed by atoms with E-state index < -0.39 is 0 Å². The van der Waals surface area contributed by atoms with E-state index in [1.165, 1.54) is 11.3 Å². The Morgan fingerprint density at radius 1 is 1.50 bits per heavy atom. The SMILES string of the molecule is O=C(Cc1ccco1)c1sccc1Br. The molecule has 0 aliphatic heterocycles. The summed E-state index contributed by atoms with van der Waals surface area (Å²) in [5, 5.41) is 1.89. The van der Waals surface area contributed by atoms with Gasteiger partial charge in [-0.25, -0.2) is 0 Å². The van der Waals surface area contributed by atoms with E-state index in [1.54, 1.807) is 18.4 Å². The Kier molecular flexibility index (Phi) is 2.84. The Labute approximate surface area is 93.7 Å². The maximum absolute atomic E-state index is 11.7. The van der Waals surface area contributed by atoms with Gasteiger partial charge >= 0.3 is 0 Å². The van der Waals surface area contributed by atoms with Crippen molar-refractivity contribution in [1.82, 2.24) is 0 Å². The van der Waals surface area contributed by atoms with Gasteiger partial charge in [0.05, 0.1) is 17.6 Å². The second-order valence-corrected chi connectivity index (χ2v) is 4.55. The van der Waals surface area contributed by atoms with Crippen molar-refractivity contribution >= 4 is 33.0 Å². The van der Waals surface area contributed by atoms with Crippen LogP contribution in [0.25, 0.3) is 0 Å². The molecule has 0 aliphatic rings. The number of rotatable bonds is 3. The Balaban J connectivity index is 2.14. The monoisotopic (exact) mass is 270 g/mol. The average molecular weight is 271 g/mol. The molecule has 0 atom stereocenters. The molecule has 2 aromatic heterocycles. The fraction of sp³-hybridized carbons (Fsp3) is 0.100. The van der Waals surface area contributed by atoms with E-state index in [0.29, 0.717) is 12.2 Å². The molecule has 0 aliphatic carbocycles. The van der Waals surface area contributed by atoms with Crippen molar-refractivity contribution in [2.24, 2.45) is 0 Å². The van der Waals surface area contributed by atoms with Crippen LogP contribution in [0.4, 0.5) is 0 Å². The lowest BCUT2D eigenvalue weighted by atomic mass is 10.2. The first-order valence-electron chi connectivity index (χ1n) is 4.06. The van der Waals surface area contributed by atoms with E-state index >= 15 is 0 Å². The van der Waals surface area contributed by atoms with E-state index in [1.807, 2.05) is 11.4 Å². The number of furan rings is 1. The molecule has 14 heavy (non-hydrogen) atoms. The van der Waals surface area contributed by atoms with Gasteiger partial charge in [-0.3, -0.25) is 4.79 Å². The third-order valence-electron chi connectivity index (χ3n) is 1.79. The van der Waals surface area contributed by atoms with Crippen LogP contribution in [0.3, 0.4) is 0 Å². The smallest absolute Gasteiger partial charge is 0.181 e. The standard InChI is InChI=1S/C10H7BrO2S/c11-8-3-5-14-10(8)9(12)6-7-2-1-4-13-7/h1-5H,6H2. The van der Waals surface area contributed by atoms with Gasteiger partial charge in [-0.15, -0.1) is 11.3 Å². The zero-order chi connectivity index (χ0) is 9.97. The minimum Gasteiger partial charge on any atom is -0.469 e. The van der Waals surface area contributed by atoms with Crippen LogP contribution >= 0.6 is 27.3 Å². The molecule has 2 aromatic rings. The number of carbonyl (C=O) groups is 1. The van der Waals surface area contributed by atoms with Crippen LogP contribution in [0.5, 0.6) is 0 Å². The third-order valence-corrected chi connectivity index (χ3v) is 3.66. The Hall–Kier alpha value is -0.870. The lowest BCUT2D eigenvalue weighted by molar-refractivity contribution is 0.0990. The van der Waals surface area contributed by atoms with Crippen LogP contribution in [0.1, 0.15) is 15.4 Å². The van der Waals surface area contributed by atoms with Crippen molar-refractivity contribution in [3.05, 3.63) is 45.0 Å². The molecule has 2 nitrogen and oxygen atoms in total. The first-order valence-corrected chi connectivity index (χ1v) is 5.73. The van der Waals surface area contributed by atoms with Crippen molar-refractivity contribution in [2.75, 3.05) is 0 Å². The molecule has 2 rings (SSSR count). The number of halogens is 1. The van der Waals surface area contributed by atoms with Gasteiger partial charge in [0.2, 0.25) is 0 Å². The number of Topliss-reactive ketones (excluding diaryl/α,β-unsaturated/α-hetero) is 1. The number of hydrogen-bond acceptors (Lipinski definition) is 3. The minimum absolute atomic E-state index is 0.0850. The van der Waals surface area contributed by atoms with E-state index in [-0.39, 0.29) is 5.78 Å². The Bertz CT molecular complexity index is 431. The lowest BCUT2D eigenvalue weighted by Crippen LogP contribution is -2.00. The number of hydrogen-bond donors (Lipinski definition) is 0. The highest BCUT2D eigenvalue weighted by molar-refractivity contribution is 9.10. The van der Waals surface area contributed by atoms with Crippen LogP contribution in [-0.2, 0) is 6.42 Å². The summed E-state index contributed by atoms with van der Waals surface area (Å²) in [5.74, 6) is 0.789. The van der Waals surface area contributed by atoms with Crippen LogP contribution in [-0.4, -0.2) is 5.78 Å². The van der Waals surface area contributed by atoms with Crippen molar-refractivity contribution in [1.29, 1.82) is 0 Å². The highest BCUT2D eigenvalue weighted by Crippen LogP contribution is 2.24. The van der Waals surface area contributed by atoms with E-state index in [2.05, 4.69) is 15.9 Å². The summed E-state index contributed by atoms with van der Waals surface area (Å²) in [5.41, 5.74) is 0. The Morgan fingerprint density at radius 2 is 2.36 bits per heavy atom. The molecule has 0 aromatic carbocycles. The molecule has 0 amide bonds. The summed E-state index contributed by atoms with van der Waals surface area (Å²) in [6, 6.07) is 5.46. The third kappa shape index (κ3) is 1.96. The number of carbonyl (C=O) groups excluding carboxylic acids is 1. The molecule has 0 saturated heterocycles. The number of thiophene rings is 1. The highest BCUT2D eigenvalue weighted by atomic mass is 79.9. The molecule has 0 bridgehead atoms. The second kappa shape index (κ2) is 4.11. The van der Waals surface area contributed by atoms with Crippen LogP contribution in [0, 0.1) is 0 Å². The van der Waals surface area contributed by atoms with Crippen LogP contribution < -0.4 is 0 Å². The van der Waals surface area contributed by atoms with Gasteiger partial charge in [-0.1, -0.05) is 0 Å². The zero-order valence-corrected chi connectivity index (χ0v) is 9.60. The lowest BCUT2D eigenvalue weighted by Gasteiger charge is -1.95. The van der Waals surface area contributed by atoms with Gasteiger partial charge in [0.1, 0.15) is 5.76 Å². The molecular weight excluding hydrogens is 264 g/mol. The van der Waals surface area contributed by atoms with Crippen molar-refractivity contribution in [2.45, 2.75) is 6.42 Å². The summed E-state index contributed by atoms with van der Waals surface area (Å²) < 4.78 is 5.97. The molecule has 4 heteroatoms. The van der Waals surface area contributed by atoms with Gasteiger partial charge in [-0.2, -0.15) is 0 Å². The molecule has 2 heterocycles. The van der Waals surface area contributed by atoms with Crippen molar-refractivity contribution < 1.29 is 9.21 Å². The summed E-state index contributed by atoms with van der Waals surface area (Å²) in [4.78, 5) is 12.5. The fourth-order valence-electron chi connectivity index (χ4n) is 1.14. The molecule has 0 spiro atoms.